The van der Waals surface area contributed by atoms with Gasteiger partial charge in [0.1, 0.15) is 5.01 Å². The van der Waals surface area contributed by atoms with Crippen LogP contribution in [0.4, 0.5) is 5.13 Å². The highest BCUT2D eigenvalue weighted by Crippen LogP contribution is 2.18. The summed E-state index contributed by atoms with van der Waals surface area (Å²) in [5.41, 5.74) is 1.77. The molecule has 0 bridgehead atoms. The maximum absolute atomic E-state index is 12.5. The van der Waals surface area contributed by atoms with Gasteiger partial charge in [-0.2, -0.15) is 0 Å². The van der Waals surface area contributed by atoms with Gasteiger partial charge in [0.2, 0.25) is 5.13 Å². The Balaban J connectivity index is 1.94. The molecule has 2 heterocycles. The maximum Gasteiger partial charge on any atom is 0.280 e. The fourth-order valence-corrected chi connectivity index (χ4v) is 2.79. The summed E-state index contributed by atoms with van der Waals surface area (Å²) in [6, 6.07) is 7.03. The largest absolute Gasteiger partial charge is 0.295 e. The molecule has 0 aliphatic heterocycles. The van der Waals surface area contributed by atoms with Crippen molar-refractivity contribution in [2.75, 3.05) is 0 Å². The van der Waals surface area contributed by atoms with Gasteiger partial charge in [0.05, 0.1) is 11.3 Å². The number of aryl methyl sites for hydroxylation is 2. The minimum absolute atomic E-state index is 0.172. The molecule has 8 heteroatoms. The molecule has 0 aliphatic rings. The summed E-state index contributed by atoms with van der Waals surface area (Å²) in [5.74, 6) is 0. The van der Waals surface area contributed by atoms with E-state index in [9.17, 15) is 4.79 Å². The van der Waals surface area contributed by atoms with Crippen molar-refractivity contribution < 1.29 is 0 Å². The Hall–Kier alpha value is -2.25. The minimum Gasteiger partial charge on any atom is -0.295 e. The Kier molecular flexibility index (Phi) is 4.40. The van der Waals surface area contributed by atoms with Crippen molar-refractivity contribution in [3.8, 4) is 5.69 Å². The Morgan fingerprint density at radius 3 is 2.74 bits per heavy atom. The van der Waals surface area contributed by atoms with Crippen LogP contribution in [0.25, 0.3) is 5.69 Å². The molecule has 23 heavy (non-hydrogen) atoms. The smallest absolute Gasteiger partial charge is 0.280 e. The van der Waals surface area contributed by atoms with Crippen molar-refractivity contribution in [1.82, 2.24) is 20.0 Å². The monoisotopic (exact) mass is 347 g/mol. The van der Waals surface area contributed by atoms with E-state index in [1.54, 1.807) is 24.3 Å². The number of halogens is 1. The quantitative estimate of drug-likeness (QED) is 0.736. The molecule has 6 nitrogen and oxygen atoms in total. The van der Waals surface area contributed by atoms with E-state index >= 15 is 0 Å². The van der Waals surface area contributed by atoms with Crippen molar-refractivity contribution >= 4 is 34.3 Å². The predicted octanol–water partition coefficient (Wildman–Crippen LogP) is 3.29. The highest BCUT2D eigenvalue weighted by atomic mass is 35.5. The van der Waals surface area contributed by atoms with E-state index in [0.29, 0.717) is 21.4 Å². The lowest BCUT2D eigenvalue weighted by Gasteiger charge is -2.00. The van der Waals surface area contributed by atoms with E-state index in [1.165, 1.54) is 22.2 Å². The van der Waals surface area contributed by atoms with E-state index in [2.05, 4.69) is 20.3 Å². The lowest BCUT2D eigenvalue weighted by molar-refractivity contribution is 0.835. The molecular formula is C15H14ClN5OS. The predicted molar refractivity (Wildman–Crippen MR) is 92.7 cm³/mol. The second kappa shape index (κ2) is 6.47. The van der Waals surface area contributed by atoms with Crippen molar-refractivity contribution in [2.24, 2.45) is 4.99 Å². The molecule has 0 atom stereocenters. The zero-order chi connectivity index (χ0) is 16.4. The van der Waals surface area contributed by atoms with Crippen LogP contribution in [0.3, 0.4) is 0 Å². The SMILES string of the molecule is CCc1nnc(/N=C/c2c(C)[nH]n(-c3ccc(Cl)cc3)c2=O)s1. The van der Waals surface area contributed by atoms with E-state index in [4.69, 9.17) is 11.6 Å². The van der Waals surface area contributed by atoms with Gasteiger partial charge in [-0.15, -0.1) is 10.2 Å². The first kappa shape index (κ1) is 15.6. The average Bonchev–Trinajstić information content (AvgIpc) is 3.11. The van der Waals surface area contributed by atoms with E-state index < -0.39 is 0 Å². The van der Waals surface area contributed by atoms with Crippen LogP contribution < -0.4 is 5.56 Å². The highest BCUT2D eigenvalue weighted by Gasteiger charge is 2.11. The third-order valence-electron chi connectivity index (χ3n) is 3.26. The van der Waals surface area contributed by atoms with Crippen molar-refractivity contribution in [3.05, 3.63) is 55.9 Å². The summed E-state index contributed by atoms with van der Waals surface area (Å²) in [7, 11) is 0. The number of aliphatic imine (C=N–C) groups is 1. The van der Waals surface area contributed by atoms with Crippen LogP contribution in [0, 0.1) is 6.92 Å². The van der Waals surface area contributed by atoms with Gasteiger partial charge >= 0.3 is 0 Å². The molecule has 118 valence electrons. The van der Waals surface area contributed by atoms with Gasteiger partial charge < -0.3 is 0 Å². The number of rotatable bonds is 4. The van der Waals surface area contributed by atoms with Crippen molar-refractivity contribution in [2.45, 2.75) is 20.3 Å². The van der Waals surface area contributed by atoms with Gasteiger partial charge in [-0.25, -0.2) is 9.67 Å². The van der Waals surface area contributed by atoms with E-state index in [-0.39, 0.29) is 5.56 Å². The summed E-state index contributed by atoms with van der Waals surface area (Å²) < 4.78 is 1.46. The van der Waals surface area contributed by atoms with E-state index in [1.807, 2.05) is 13.8 Å². The number of hydrogen-bond acceptors (Lipinski definition) is 5. The van der Waals surface area contributed by atoms with Crippen LogP contribution in [0.15, 0.2) is 34.1 Å². The van der Waals surface area contributed by atoms with Gasteiger partial charge in [-0.1, -0.05) is 29.9 Å². The molecule has 0 saturated carbocycles. The maximum atomic E-state index is 12.5. The summed E-state index contributed by atoms with van der Waals surface area (Å²) in [6.07, 6.45) is 2.35. The fraction of sp³-hybridized carbons (Fsp3) is 0.200. The van der Waals surface area contributed by atoms with Gasteiger partial charge in [0, 0.05) is 16.9 Å². The Bertz CT molecular complexity index is 907. The third kappa shape index (κ3) is 3.25. The standard InChI is InChI=1S/C15H14ClN5OS/c1-3-13-18-19-15(23-13)17-8-12-9(2)20-21(14(12)22)11-6-4-10(16)5-7-11/h4-8,20H,3H2,1-2H3/b17-8+. The molecular weight excluding hydrogens is 334 g/mol. The lowest BCUT2D eigenvalue weighted by atomic mass is 10.3. The number of nitrogens with zero attached hydrogens (tertiary/aromatic N) is 4. The van der Waals surface area contributed by atoms with Crippen LogP contribution in [-0.4, -0.2) is 26.2 Å². The molecule has 0 radical (unpaired) electrons. The van der Waals surface area contributed by atoms with Crippen molar-refractivity contribution in [3.63, 3.8) is 0 Å². The third-order valence-corrected chi connectivity index (χ3v) is 4.49. The second-order valence-electron chi connectivity index (χ2n) is 4.86. The highest BCUT2D eigenvalue weighted by molar-refractivity contribution is 7.14. The summed E-state index contributed by atoms with van der Waals surface area (Å²) in [5, 5.41) is 13.1. The zero-order valence-corrected chi connectivity index (χ0v) is 14.1. The number of aromatic amines is 1. The molecule has 0 saturated heterocycles. The molecule has 0 unspecified atom stereocenters. The van der Waals surface area contributed by atoms with Crippen LogP contribution in [0.5, 0.6) is 0 Å². The molecule has 3 rings (SSSR count). The number of hydrogen-bond donors (Lipinski definition) is 1. The molecule has 3 aromatic rings. The minimum atomic E-state index is -0.172. The van der Waals surface area contributed by atoms with E-state index in [0.717, 1.165) is 17.1 Å². The molecule has 1 N–H and O–H groups in total. The molecule has 2 aromatic heterocycles. The molecule has 0 spiro atoms. The Morgan fingerprint density at radius 2 is 2.09 bits per heavy atom. The van der Waals surface area contributed by atoms with Crippen molar-refractivity contribution in [1.29, 1.82) is 0 Å². The number of H-pyrrole nitrogens is 1. The summed E-state index contributed by atoms with van der Waals surface area (Å²) in [4.78, 5) is 16.8. The number of aromatic nitrogens is 4. The van der Waals surface area contributed by atoms with Gasteiger partial charge in [-0.3, -0.25) is 9.89 Å². The first-order valence-electron chi connectivity index (χ1n) is 7.02. The summed E-state index contributed by atoms with van der Waals surface area (Å²) in [6.45, 7) is 3.84. The Labute approximate surface area is 141 Å². The zero-order valence-electron chi connectivity index (χ0n) is 12.6. The average molecular weight is 348 g/mol. The van der Waals surface area contributed by atoms with Gasteiger partial charge in [0.15, 0.2) is 0 Å². The number of nitrogens with one attached hydrogen (secondary N) is 1. The van der Waals surface area contributed by atoms with Crippen LogP contribution >= 0.6 is 22.9 Å². The van der Waals surface area contributed by atoms with Crippen LogP contribution in [0.1, 0.15) is 23.2 Å². The van der Waals surface area contributed by atoms with Gasteiger partial charge in [0.25, 0.3) is 5.56 Å². The first-order valence-corrected chi connectivity index (χ1v) is 8.22. The normalized spacial score (nSPS) is 11.4. The molecule has 0 amide bonds. The van der Waals surface area contributed by atoms with Crippen LogP contribution in [0.2, 0.25) is 5.02 Å². The molecule has 0 fully saturated rings. The molecule has 0 aliphatic carbocycles. The second-order valence-corrected chi connectivity index (χ2v) is 6.33. The summed E-state index contributed by atoms with van der Waals surface area (Å²) >= 11 is 7.29. The van der Waals surface area contributed by atoms with Crippen LogP contribution in [-0.2, 0) is 6.42 Å². The lowest BCUT2D eigenvalue weighted by Crippen LogP contribution is -2.17. The number of benzene rings is 1. The fourth-order valence-electron chi connectivity index (χ4n) is 2.04. The van der Waals surface area contributed by atoms with Gasteiger partial charge in [-0.05, 0) is 37.6 Å². The molecule has 1 aromatic carbocycles. The topological polar surface area (TPSA) is 75.9 Å². The first-order chi connectivity index (χ1) is 11.1. The Morgan fingerprint density at radius 1 is 1.35 bits per heavy atom.